The summed E-state index contributed by atoms with van der Waals surface area (Å²) in [6.45, 7) is 0.686. The number of hydrogen-bond donors (Lipinski definition) is 1. The van der Waals surface area contributed by atoms with Crippen LogP contribution >= 0.6 is 0 Å². The smallest absolute Gasteiger partial charge is 0.102 e. The molecule has 0 bridgehead atoms. The van der Waals surface area contributed by atoms with Crippen molar-refractivity contribution in [2.45, 2.75) is 38.0 Å². The van der Waals surface area contributed by atoms with Crippen LogP contribution in [0.3, 0.4) is 0 Å². The summed E-state index contributed by atoms with van der Waals surface area (Å²) in [5, 5.41) is 11.1. The van der Waals surface area contributed by atoms with Gasteiger partial charge in [-0.1, -0.05) is 5.21 Å². The molecule has 1 aromatic heterocycles. The van der Waals surface area contributed by atoms with Crippen molar-refractivity contribution in [2.75, 3.05) is 0 Å². The maximum Gasteiger partial charge on any atom is 0.102 e. The van der Waals surface area contributed by atoms with Crippen LogP contribution < -0.4 is 5.32 Å². The van der Waals surface area contributed by atoms with Gasteiger partial charge in [0, 0.05) is 25.8 Å². The Balaban J connectivity index is 1.77. The van der Waals surface area contributed by atoms with Gasteiger partial charge in [0.05, 0.1) is 5.69 Å². The first-order valence-corrected chi connectivity index (χ1v) is 4.96. The lowest BCUT2D eigenvalue weighted by atomic mass is 10.2. The first-order valence-electron chi connectivity index (χ1n) is 4.96. The molecule has 0 aromatic carbocycles. The number of aryl methyl sites for hydroxylation is 1. The second-order valence-electron chi connectivity index (χ2n) is 3.87. The molecule has 0 radical (unpaired) electrons. The molecule has 78 valence electrons. The summed E-state index contributed by atoms with van der Waals surface area (Å²) >= 11 is 0. The van der Waals surface area contributed by atoms with E-state index in [1.54, 1.807) is 4.68 Å². The van der Waals surface area contributed by atoms with Crippen LogP contribution in [0.15, 0.2) is 6.20 Å². The highest BCUT2D eigenvalue weighted by molar-refractivity contribution is 4.92. The van der Waals surface area contributed by atoms with Crippen LogP contribution in [0.4, 0.5) is 4.39 Å². The Morgan fingerprint density at radius 2 is 2.50 bits per heavy atom. The van der Waals surface area contributed by atoms with Gasteiger partial charge >= 0.3 is 0 Å². The first kappa shape index (κ1) is 9.58. The molecule has 2 rings (SSSR count). The predicted octanol–water partition coefficient (Wildman–Crippen LogP) is 0.795. The van der Waals surface area contributed by atoms with Gasteiger partial charge in [-0.15, -0.1) is 5.10 Å². The van der Waals surface area contributed by atoms with E-state index in [2.05, 4.69) is 15.6 Å². The highest BCUT2D eigenvalue weighted by Crippen LogP contribution is 2.21. The zero-order valence-electron chi connectivity index (χ0n) is 8.28. The first-order chi connectivity index (χ1) is 6.74. The molecule has 2 unspecified atom stereocenters. The number of nitrogens with one attached hydrogen (secondary N) is 1. The number of alkyl halides is 1. The fourth-order valence-electron chi connectivity index (χ4n) is 1.84. The lowest BCUT2D eigenvalue weighted by Crippen LogP contribution is -2.26. The maximum atomic E-state index is 12.8. The van der Waals surface area contributed by atoms with Crippen LogP contribution in [0.5, 0.6) is 0 Å². The fourth-order valence-corrected chi connectivity index (χ4v) is 1.84. The van der Waals surface area contributed by atoms with E-state index in [1.807, 2.05) is 13.2 Å². The van der Waals surface area contributed by atoms with Crippen LogP contribution in [0.2, 0.25) is 0 Å². The van der Waals surface area contributed by atoms with Gasteiger partial charge in [-0.25, -0.2) is 4.39 Å². The van der Waals surface area contributed by atoms with Gasteiger partial charge in [0.1, 0.15) is 6.17 Å². The topological polar surface area (TPSA) is 42.7 Å². The van der Waals surface area contributed by atoms with Crippen LogP contribution in [0.25, 0.3) is 0 Å². The quantitative estimate of drug-likeness (QED) is 0.781. The van der Waals surface area contributed by atoms with E-state index < -0.39 is 6.17 Å². The standard InChI is InChI=1S/C9H15FN4/c1-14-6-9(12-13-14)5-11-8-3-2-7(10)4-8/h6-8,11H,2-5H2,1H3. The molecule has 1 saturated carbocycles. The molecule has 1 fully saturated rings. The van der Waals surface area contributed by atoms with Crippen molar-refractivity contribution in [3.8, 4) is 0 Å². The third-order valence-corrected chi connectivity index (χ3v) is 2.59. The highest BCUT2D eigenvalue weighted by Gasteiger charge is 2.23. The zero-order chi connectivity index (χ0) is 9.97. The summed E-state index contributed by atoms with van der Waals surface area (Å²) in [4.78, 5) is 0. The molecule has 14 heavy (non-hydrogen) atoms. The van der Waals surface area contributed by atoms with E-state index >= 15 is 0 Å². The second-order valence-corrected chi connectivity index (χ2v) is 3.87. The van der Waals surface area contributed by atoms with E-state index in [0.717, 1.165) is 12.1 Å². The van der Waals surface area contributed by atoms with E-state index in [1.165, 1.54) is 0 Å². The van der Waals surface area contributed by atoms with Gasteiger partial charge in [-0.05, 0) is 19.3 Å². The molecule has 1 aliphatic carbocycles. The summed E-state index contributed by atoms with van der Waals surface area (Å²) < 4.78 is 14.5. The monoisotopic (exact) mass is 198 g/mol. The molecule has 1 heterocycles. The molecule has 0 saturated heterocycles. The summed E-state index contributed by atoms with van der Waals surface area (Å²) in [6, 6.07) is 0.312. The third-order valence-electron chi connectivity index (χ3n) is 2.59. The predicted molar refractivity (Wildman–Crippen MR) is 50.4 cm³/mol. The molecular formula is C9H15FN4. The van der Waals surface area contributed by atoms with E-state index in [0.29, 0.717) is 25.4 Å². The van der Waals surface area contributed by atoms with Crippen LogP contribution in [-0.2, 0) is 13.6 Å². The number of aromatic nitrogens is 3. The minimum absolute atomic E-state index is 0.312. The van der Waals surface area contributed by atoms with Crippen molar-refractivity contribution in [1.29, 1.82) is 0 Å². The van der Waals surface area contributed by atoms with E-state index in [-0.39, 0.29) is 0 Å². The number of nitrogens with zero attached hydrogens (tertiary/aromatic N) is 3. The number of halogens is 1. The molecule has 4 nitrogen and oxygen atoms in total. The Morgan fingerprint density at radius 1 is 1.64 bits per heavy atom. The lowest BCUT2D eigenvalue weighted by molar-refractivity contribution is 0.333. The molecule has 1 aliphatic rings. The van der Waals surface area contributed by atoms with Crippen molar-refractivity contribution in [2.24, 2.45) is 7.05 Å². The van der Waals surface area contributed by atoms with Gasteiger partial charge in [0.25, 0.3) is 0 Å². The summed E-state index contributed by atoms with van der Waals surface area (Å²) in [5.41, 5.74) is 0.912. The highest BCUT2D eigenvalue weighted by atomic mass is 19.1. The van der Waals surface area contributed by atoms with E-state index in [9.17, 15) is 4.39 Å². The minimum Gasteiger partial charge on any atom is -0.308 e. The molecular weight excluding hydrogens is 183 g/mol. The molecule has 1 N–H and O–H groups in total. The average Bonchev–Trinajstić information content (AvgIpc) is 2.72. The minimum atomic E-state index is -0.616. The van der Waals surface area contributed by atoms with Gasteiger partial charge in [-0.3, -0.25) is 4.68 Å². The van der Waals surface area contributed by atoms with Crippen molar-refractivity contribution in [3.63, 3.8) is 0 Å². The van der Waals surface area contributed by atoms with Crippen molar-refractivity contribution < 1.29 is 4.39 Å². The normalized spacial score (nSPS) is 27.0. The van der Waals surface area contributed by atoms with Crippen molar-refractivity contribution >= 4 is 0 Å². The Labute approximate surface area is 82.5 Å². The van der Waals surface area contributed by atoms with Crippen molar-refractivity contribution in [3.05, 3.63) is 11.9 Å². The summed E-state index contributed by atoms with van der Waals surface area (Å²) in [7, 11) is 1.84. The average molecular weight is 198 g/mol. The summed E-state index contributed by atoms with van der Waals surface area (Å²) in [6.07, 6.45) is 3.52. The van der Waals surface area contributed by atoms with Crippen molar-refractivity contribution in [1.82, 2.24) is 20.3 Å². The number of hydrogen-bond acceptors (Lipinski definition) is 3. The molecule has 0 spiro atoms. The van der Waals surface area contributed by atoms with Crippen LogP contribution in [0.1, 0.15) is 25.0 Å². The largest absolute Gasteiger partial charge is 0.308 e. The Bertz CT molecular complexity index is 299. The summed E-state index contributed by atoms with van der Waals surface area (Å²) in [5.74, 6) is 0. The molecule has 2 atom stereocenters. The third kappa shape index (κ3) is 2.29. The Morgan fingerprint density at radius 3 is 3.07 bits per heavy atom. The van der Waals surface area contributed by atoms with Gasteiger partial charge < -0.3 is 5.32 Å². The molecule has 0 aliphatic heterocycles. The zero-order valence-corrected chi connectivity index (χ0v) is 8.28. The second kappa shape index (κ2) is 4.04. The van der Waals surface area contributed by atoms with Crippen LogP contribution in [0, 0.1) is 0 Å². The molecule has 5 heteroatoms. The Kier molecular flexibility index (Phi) is 2.77. The van der Waals surface area contributed by atoms with Gasteiger partial charge in [0.2, 0.25) is 0 Å². The Hall–Kier alpha value is -0.970. The van der Waals surface area contributed by atoms with Gasteiger partial charge in [-0.2, -0.15) is 0 Å². The lowest BCUT2D eigenvalue weighted by Gasteiger charge is -2.09. The molecule has 1 aromatic rings. The SMILES string of the molecule is Cn1cc(CNC2CCC(F)C2)nn1. The van der Waals surface area contributed by atoms with E-state index in [4.69, 9.17) is 0 Å². The fraction of sp³-hybridized carbons (Fsp3) is 0.778. The van der Waals surface area contributed by atoms with Crippen LogP contribution in [-0.4, -0.2) is 27.2 Å². The maximum absolute atomic E-state index is 12.8. The molecule has 0 amide bonds. The van der Waals surface area contributed by atoms with Gasteiger partial charge in [0.15, 0.2) is 0 Å². The number of rotatable bonds is 3.